The summed E-state index contributed by atoms with van der Waals surface area (Å²) >= 11 is 0. The molecule has 0 saturated heterocycles. The lowest BCUT2D eigenvalue weighted by molar-refractivity contribution is 0.177. The summed E-state index contributed by atoms with van der Waals surface area (Å²) in [6, 6.07) is 14.8. The van der Waals surface area contributed by atoms with E-state index in [1.54, 1.807) is 13.1 Å². The molecular weight excluding hydrogens is 292 g/mol. The van der Waals surface area contributed by atoms with Gasteiger partial charge < -0.3 is 26.4 Å². The third kappa shape index (κ3) is 7.15. The fourth-order valence-corrected chi connectivity index (χ4v) is 2.04. The van der Waals surface area contributed by atoms with Crippen LogP contribution < -0.4 is 11.1 Å². The number of likely N-dealkylation sites (N-methyl/N-ethyl adjacent to an activating group) is 1. The Bertz CT molecular complexity index is 574. The summed E-state index contributed by atoms with van der Waals surface area (Å²) in [4.78, 5) is 0. The van der Waals surface area contributed by atoms with Crippen molar-refractivity contribution in [3.05, 3.63) is 59.7 Å². The molecule has 5 nitrogen and oxygen atoms in total. The second kappa shape index (κ2) is 9.84. The molecule has 0 fully saturated rings. The smallest absolute Gasteiger partial charge is 0.157 e. The Balaban J connectivity index is 0.000000238. The summed E-state index contributed by atoms with van der Waals surface area (Å²) in [6.07, 6.45) is 0.303. The molecule has 0 aliphatic carbocycles. The van der Waals surface area contributed by atoms with Crippen molar-refractivity contribution in [2.75, 3.05) is 13.6 Å². The second-order valence-corrected chi connectivity index (χ2v) is 5.49. The summed E-state index contributed by atoms with van der Waals surface area (Å²) in [5, 5.41) is 30.4. The molecule has 2 atom stereocenters. The van der Waals surface area contributed by atoms with Crippen LogP contribution in [0.1, 0.15) is 24.2 Å². The molecule has 6 N–H and O–H groups in total. The van der Waals surface area contributed by atoms with Gasteiger partial charge in [-0.05, 0) is 43.7 Å². The zero-order chi connectivity index (χ0) is 17.2. The van der Waals surface area contributed by atoms with Gasteiger partial charge in [0.1, 0.15) is 0 Å². The molecule has 126 valence electrons. The van der Waals surface area contributed by atoms with Gasteiger partial charge in [-0.2, -0.15) is 0 Å². The van der Waals surface area contributed by atoms with Gasteiger partial charge in [-0.3, -0.25) is 0 Å². The molecule has 0 amide bonds. The topological polar surface area (TPSA) is 98.7 Å². The van der Waals surface area contributed by atoms with Crippen LogP contribution in [0.3, 0.4) is 0 Å². The highest BCUT2D eigenvalue weighted by Gasteiger charge is 2.08. The number of nitrogens with one attached hydrogen (secondary N) is 1. The maximum Gasteiger partial charge on any atom is 0.157 e. The van der Waals surface area contributed by atoms with Gasteiger partial charge in [-0.25, -0.2) is 0 Å². The lowest BCUT2D eigenvalue weighted by Gasteiger charge is -2.10. The van der Waals surface area contributed by atoms with E-state index in [1.807, 2.05) is 25.1 Å². The van der Waals surface area contributed by atoms with Crippen molar-refractivity contribution < 1.29 is 15.3 Å². The van der Waals surface area contributed by atoms with Crippen LogP contribution in [0.5, 0.6) is 11.5 Å². The average Bonchev–Trinajstić information content (AvgIpc) is 2.51. The highest BCUT2D eigenvalue weighted by atomic mass is 16.3. The van der Waals surface area contributed by atoms with Crippen LogP contribution in [0.2, 0.25) is 0 Å². The van der Waals surface area contributed by atoms with E-state index < -0.39 is 6.10 Å². The van der Waals surface area contributed by atoms with Gasteiger partial charge >= 0.3 is 0 Å². The standard InChI is InChI=1S/C9H13NO3.C9H13N/c1-10-5-9(13)6-2-3-7(11)8(12)4-6;1-8(10)7-9-5-3-2-4-6-9/h2-4,9-13H,5H2,1H3;2-6,8H,7,10H2,1H3/t9-;/m0./s1. The van der Waals surface area contributed by atoms with Crippen LogP contribution in [0.25, 0.3) is 0 Å². The minimum Gasteiger partial charge on any atom is -0.504 e. The van der Waals surface area contributed by atoms with E-state index >= 15 is 0 Å². The molecule has 5 heteroatoms. The maximum atomic E-state index is 9.48. The molecule has 0 radical (unpaired) electrons. The molecule has 2 rings (SSSR count). The first-order chi connectivity index (χ1) is 10.9. The van der Waals surface area contributed by atoms with E-state index in [1.165, 1.54) is 17.7 Å². The molecule has 0 aliphatic rings. The summed E-state index contributed by atoms with van der Waals surface area (Å²) in [5.74, 6) is -0.395. The highest BCUT2D eigenvalue weighted by molar-refractivity contribution is 5.41. The number of aliphatic hydroxyl groups is 1. The summed E-state index contributed by atoms with van der Waals surface area (Å²) in [7, 11) is 1.73. The van der Waals surface area contributed by atoms with Crippen LogP contribution in [0, 0.1) is 0 Å². The number of phenolic OH excluding ortho intramolecular Hbond substituents is 2. The van der Waals surface area contributed by atoms with E-state index in [9.17, 15) is 5.11 Å². The Hall–Kier alpha value is -2.08. The molecule has 0 saturated carbocycles. The predicted molar refractivity (Wildman–Crippen MR) is 92.5 cm³/mol. The van der Waals surface area contributed by atoms with Crippen molar-refractivity contribution in [1.82, 2.24) is 5.32 Å². The van der Waals surface area contributed by atoms with E-state index in [0.29, 0.717) is 12.1 Å². The van der Waals surface area contributed by atoms with E-state index in [4.69, 9.17) is 15.9 Å². The third-order valence-electron chi connectivity index (χ3n) is 3.18. The van der Waals surface area contributed by atoms with Crippen LogP contribution in [0.15, 0.2) is 48.5 Å². The maximum absolute atomic E-state index is 9.48. The molecule has 1 unspecified atom stereocenters. The number of phenols is 2. The van der Waals surface area contributed by atoms with Crippen molar-refractivity contribution in [3.63, 3.8) is 0 Å². The molecule has 0 aliphatic heterocycles. The number of nitrogens with two attached hydrogens (primary N) is 1. The van der Waals surface area contributed by atoms with Crippen molar-refractivity contribution in [2.45, 2.75) is 25.5 Å². The summed E-state index contributed by atoms with van der Waals surface area (Å²) in [5.41, 5.74) is 7.52. The second-order valence-electron chi connectivity index (χ2n) is 5.49. The molecular formula is C18H26N2O3. The van der Waals surface area contributed by atoms with Crippen molar-refractivity contribution >= 4 is 0 Å². The number of aromatic hydroxyl groups is 2. The zero-order valence-corrected chi connectivity index (χ0v) is 13.6. The summed E-state index contributed by atoms with van der Waals surface area (Å²) in [6.45, 7) is 2.43. The largest absolute Gasteiger partial charge is 0.504 e. The Labute approximate surface area is 137 Å². The Morgan fingerprint density at radius 3 is 2.22 bits per heavy atom. The van der Waals surface area contributed by atoms with E-state index in [-0.39, 0.29) is 17.5 Å². The van der Waals surface area contributed by atoms with Crippen molar-refractivity contribution in [2.24, 2.45) is 5.73 Å². The number of aliphatic hydroxyl groups excluding tert-OH is 1. The minimum atomic E-state index is -0.670. The lowest BCUT2D eigenvalue weighted by atomic mass is 10.1. The first kappa shape index (κ1) is 19.0. The zero-order valence-electron chi connectivity index (χ0n) is 13.6. The molecule has 0 aromatic heterocycles. The Morgan fingerprint density at radius 2 is 1.70 bits per heavy atom. The molecule has 23 heavy (non-hydrogen) atoms. The lowest BCUT2D eigenvalue weighted by Crippen LogP contribution is -2.17. The predicted octanol–water partition coefficient (Wildman–Crippen LogP) is 1.93. The SMILES string of the molecule is CC(N)Cc1ccccc1.CNC[C@H](O)c1ccc(O)c(O)c1. The van der Waals surface area contributed by atoms with Gasteiger partial charge in [0.2, 0.25) is 0 Å². The average molecular weight is 318 g/mol. The summed E-state index contributed by atoms with van der Waals surface area (Å²) < 4.78 is 0. The highest BCUT2D eigenvalue weighted by Crippen LogP contribution is 2.27. The number of hydrogen-bond donors (Lipinski definition) is 5. The molecule has 0 spiro atoms. The van der Waals surface area contributed by atoms with Crippen LogP contribution in [-0.2, 0) is 6.42 Å². The van der Waals surface area contributed by atoms with Gasteiger partial charge in [0.15, 0.2) is 11.5 Å². The molecule has 2 aromatic carbocycles. The third-order valence-corrected chi connectivity index (χ3v) is 3.18. The van der Waals surface area contributed by atoms with Crippen LogP contribution in [0.4, 0.5) is 0 Å². The minimum absolute atomic E-state index is 0.180. The van der Waals surface area contributed by atoms with Gasteiger partial charge in [0.05, 0.1) is 6.10 Å². The van der Waals surface area contributed by atoms with Crippen LogP contribution >= 0.6 is 0 Å². The van der Waals surface area contributed by atoms with Crippen molar-refractivity contribution in [1.29, 1.82) is 0 Å². The molecule has 0 heterocycles. The number of benzene rings is 2. The van der Waals surface area contributed by atoms with Gasteiger partial charge in [0, 0.05) is 12.6 Å². The van der Waals surface area contributed by atoms with Crippen LogP contribution in [-0.4, -0.2) is 35.0 Å². The fraction of sp³-hybridized carbons (Fsp3) is 0.333. The molecule has 2 aromatic rings. The quantitative estimate of drug-likeness (QED) is 0.543. The normalized spacial score (nSPS) is 12.9. The Morgan fingerprint density at radius 1 is 1.04 bits per heavy atom. The van der Waals surface area contributed by atoms with Crippen molar-refractivity contribution in [3.8, 4) is 11.5 Å². The van der Waals surface area contributed by atoms with Gasteiger partial charge in [-0.15, -0.1) is 0 Å². The molecule has 0 bridgehead atoms. The van der Waals surface area contributed by atoms with E-state index in [0.717, 1.165) is 6.42 Å². The van der Waals surface area contributed by atoms with Gasteiger partial charge in [-0.1, -0.05) is 36.4 Å². The number of rotatable bonds is 5. The first-order valence-corrected chi connectivity index (χ1v) is 7.58. The first-order valence-electron chi connectivity index (χ1n) is 7.58. The number of hydrogen-bond acceptors (Lipinski definition) is 5. The Kier molecular flexibility index (Phi) is 8.11. The fourth-order valence-electron chi connectivity index (χ4n) is 2.04. The van der Waals surface area contributed by atoms with Gasteiger partial charge in [0.25, 0.3) is 0 Å². The van der Waals surface area contributed by atoms with E-state index in [2.05, 4.69) is 17.4 Å². The monoisotopic (exact) mass is 318 g/mol.